The average molecular weight is 438 g/mol. The predicted octanol–water partition coefficient (Wildman–Crippen LogP) is 1.56. The Hall–Kier alpha value is -1.68. The highest BCUT2D eigenvalue weighted by molar-refractivity contribution is 7.89. The average Bonchev–Trinajstić information content (AvgIpc) is 3.09. The summed E-state index contributed by atoms with van der Waals surface area (Å²) in [5.41, 5.74) is 1.28. The van der Waals surface area contributed by atoms with Crippen LogP contribution in [0.15, 0.2) is 23.1 Å². The lowest BCUT2D eigenvalue weighted by Crippen LogP contribution is -2.41. The number of benzene rings is 1. The second-order valence-corrected chi connectivity index (χ2v) is 9.94. The Labute approximate surface area is 178 Å². The van der Waals surface area contributed by atoms with Crippen molar-refractivity contribution in [1.82, 2.24) is 9.21 Å². The van der Waals surface area contributed by atoms with Crippen molar-refractivity contribution in [2.75, 3.05) is 70.6 Å². The van der Waals surface area contributed by atoms with Crippen molar-refractivity contribution in [1.29, 1.82) is 0 Å². The second kappa shape index (κ2) is 9.64. The van der Waals surface area contributed by atoms with Gasteiger partial charge in [-0.1, -0.05) is 12.8 Å². The van der Waals surface area contributed by atoms with Crippen molar-refractivity contribution >= 4 is 21.6 Å². The smallest absolute Gasteiger partial charge is 0.256 e. The maximum atomic E-state index is 13.5. The molecule has 4 rings (SSSR count). The van der Waals surface area contributed by atoms with Crippen LogP contribution in [-0.2, 0) is 19.5 Å². The van der Waals surface area contributed by atoms with Crippen LogP contribution in [0.25, 0.3) is 0 Å². The molecule has 3 aliphatic rings. The SMILES string of the molecule is O=C(c1cc(S(=O)(=O)N2CCOCC2)ccc1N1CCOCC1)N1CCCCCC1. The zero-order valence-electron chi connectivity index (χ0n) is 17.4. The molecule has 1 aromatic rings. The number of carbonyl (C=O) groups is 1. The Morgan fingerprint density at radius 1 is 0.800 bits per heavy atom. The number of hydrogen-bond donors (Lipinski definition) is 0. The molecule has 0 spiro atoms. The van der Waals surface area contributed by atoms with E-state index in [1.54, 1.807) is 18.2 Å². The van der Waals surface area contributed by atoms with Crippen LogP contribution in [-0.4, -0.2) is 89.2 Å². The van der Waals surface area contributed by atoms with Crippen molar-refractivity contribution in [3.8, 4) is 0 Å². The van der Waals surface area contributed by atoms with Crippen molar-refractivity contribution in [3.63, 3.8) is 0 Å². The van der Waals surface area contributed by atoms with Crippen molar-refractivity contribution < 1.29 is 22.7 Å². The summed E-state index contributed by atoms with van der Waals surface area (Å²) in [7, 11) is -3.66. The summed E-state index contributed by atoms with van der Waals surface area (Å²) in [6.45, 7) is 5.49. The van der Waals surface area contributed by atoms with E-state index in [1.807, 2.05) is 4.90 Å². The van der Waals surface area contributed by atoms with Gasteiger partial charge in [0.05, 0.1) is 36.9 Å². The summed E-state index contributed by atoms with van der Waals surface area (Å²) in [5.74, 6) is -0.0718. The molecule has 0 unspecified atom stereocenters. The Bertz CT molecular complexity index is 840. The van der Waals surface area contributed by atoms with Gasteiger partial charge in [-0.05, 0) is 31.0 Å². The molecule has 0 bridgehead atoms. The van der Waals surface area contributed by atoms with Crippen LogP contribution < -0.4 is 4.90 Å². The van der Waals surface area contributed by atoms with Gasteiger partial charge in [-0.3, -0.25) is 4.79 Å². The first-order valence-electron chi connectivity index (χ1n) is 10.9. The molecule has 3 fully saturated rings. The second-order valence-electron chi connectivity index (χ2n) is 8.00. The first kappa shape index (κ1) is 21.5. The molecule has 3 aliphatic heterocycles. The zero-order chi connectivity index (χ0) is 21.0. The van der Waals surface area contributed by atoms with Gasteiger partial charge >= 0.3 is 0 Å². The lowest BCUT2D eigenvalue weighted by molar-refractivity contribution is 0.0729. The molecule has 1 aromatic carbocycles. The molecule has 0 radical (unpaired) electrons. The highest BCUT2D eigenvalue weighted by Gasteiger charge is 2.30. The zero-order valence-corrected chi connectivity index (χ0v) is 18.2. The summed E-state index contributed by atoms with van der Waals surface area (Å²) in [6.07, 6.45) is 4.24. The van der Waals surface area contributed by atoms with Crippen LogP contribution in [0.1, 0.15) is 36.0 Å². The Morgan fingerprint density at radius 3 is 2.03 bits per heavy atom. The fraction of sp³-hybridized carbons (Fsp3) is 0.667. The summed E-state index contributed by atoms with van der Waals surface area (Å²) in [4.78, 5) is 17.7. The lowest BCUT2D eigenvalue weighted by atomic mass is 10.1. The molecule has 3 heterocycles. The number of amides is 1. The third-order valence-corrected chi connectivity index (χ3v) is 7.95. The molecule has 0 saturated carbocycles. The van der Waals surface area contributed by atoms with E-state index in [2.05, 4.69) is 4.90 Å². The van der Waals surface area contributed by atoms with Crippen LogP contribution in [0.2, 0.25) is 0 Å². The molecule has 0 atom stereocenters. The minimum Gasteiger partial charge on any atom is -0.379 e. The summed E-state index contributed by atoms with van der Waals surface area (Å²) in [5, 5.41) is 0. The Balaban J connectivity index is 1.69. The van der Waals surface area contributed by atoms with E-state index < -0.39 is 10.0 Å². The number of carbonyl (C=O) groups excluding carboxylic acids is 1. The van der Waals surface area contributed by atoms with Gasteiger partial charge < -0.3 is 19.3 Å². The molecule has 30 heavy (non-hydrogen) atoms. The van der Waals surface area contributed by atoms with Gasteiger partial charge in [-0.25, -0.2) is 8.42 Å². The first-order chi connectivity index (χ1) is 14.6. The number of morpholine rings is 2. The fourth-order valence-corrected chi connectivity index (χ4v) is 5.74. The van der Waals surface area contributed by atoms with Crippen LogP contribution in [0.5, 0.6) is 0 Å². The standard InChI is InChI=1S/C21H31N3O5S/c25-21(23-7-3-1-2-4-8-23)19-17-18(30(26,27)24-11-15-29-16-12-24)5-6-20(19)22-9-13-28-14-10-22/h5-6,17H,1-4,7-16H2. The highest BCUT2D eigenvalue weighted by Crippen LogP contribution is 2.29. The normalized spacial score (nSPS) is 22.0. The monoisotopic (exact) mass is 437 g/mol. The van der Waals surface area contributed by atoms with E-state index >= 15 is 0 Å². The molecule has 3 saturated heterocycles. The number of anilines is 1. The van der Waals surface area contributed by atoms with Crippen LogP contribution in [0.3, 0.4) is 0 Å². The van der Waals surface area contributed by atoms with Crippen LogP contribution in [0, 0.1) is 0 Å². The van der Waals surface area contributed by atoms with Crippen molar-refractivity contribution in [2.45, 2.75) is 30.6 Å². The van der Waals surface area contributed by atoms with Gasteiger partial charge in [-0.2, -0.15) is 4.31 Å². The molecule has 0 aromatic heterocycles. The van der Waals surface area contributed by atoms with Crippen molar-refractivity contribution in [3.05, 3.63) is 23.8 Å². The van der Waals surface area contributed by atoms with Gasteiger partial charge in [0, 0.05) is 45.0 Å². The Morgan fingerprint density at radius 2 is 1.40 bits per heavy atom. The maximum absolute atomic E-state index is 13.5. The van der Waals surface area contributed by atoms with E-state index in [0.717, 1.165) is 44.5 Å². The van der Waals surface area contributed by atoms with E-state index in [1.165, 1.54) is 4.31 Å². The highest BCUT2D eigenvalue weighted by atomic mass is 32.2. The number of nitrogens with zero attached hydrogens (tertiary/aromatic N) is 3. The minimum absolute atomic E-state index is 0.0718. The minimum atomic E-state index is -3.66. The molecule has 0 aliphatic carbocycles. The molecular weight excluding hydrogens is 406 g/mol. The first-order valence-corrected chi connectivity index (χ1v) is 12.4. The van der Waals surface area contributed by atoms with E-state index in [-0.39, 0.29) is 10.8 Å². The third-order valence-electron chi connectivity index (χ3n) is 6.05. The fourth-order valence-electron chi connectivity index (χ4n) is 4.31. The maximum Gasteiger partial charge on any atom is 0.256 e. The van der Waals surface area contributed by atoms with Gasteiger partial charge in [0.1, 0.15) is 0 Å². The number of rotatable bonds is 4. The molecule has 1 amide bonds. The van der Waals surface area contributed by atoms with E-state index in [9.17, 15) is 13.2 Å². The predicted molar refractivity (Wildman–Crippen MR) is 113 cm³/mol. The molecule has 8 nitrogen and oxygen atoms in total. The lowest BCUT2D eigenvalue weighted by Gasteiger charge is -2.32. The number of hydrogen-bond acceptors (Lipinski definition) is 6. The van der Waals surface area contributed by atoms with E-state index in [0.29, 0.717) is 58.2 Å². The van der Waals surface area contributed by atoms with Gasteiger partial charge in [-0.15, -0.1) is 0 Å². The third kappa shape index (κ3) is 4.64. The summed E-state index contributed by atoms with van der Waals surface area (Å²) >= 11 is 0. The quantitative estimate of drug-likeness (QED) is 0.711. The van der Waals surface area contributed by atoms with Gasteiger partial charge in [0.2, 0.25) is 10.0 Å². The van der Waals surface area contributed by atoms with Crippen LogP contribution >= 0.6 is 0 Å². The topological polar surface area (TPSA) is 79.4 Å². The summed E-state index contributed by atoms with van der Waals surface area (Å²) in [6, 6.07) is 5.02. The Kier molecular flexibility index (Phi) is 6.92. The molecular formula is C21H31N3O5S. The number of sulfonamides is 1. The molecule has 9 heteroatoms. The molecule has 166 valence electrons. The number of likely N-dealkylation sites (tertiary alicyclic amines) is 1. The van der Waals surface area contributed by atoms with Gasteiger partial charge in [0.15, 0.2) is 0 Å². The number of ether oxygens (including phenoxy) is 2. The van der Waals surface area contributed by atoms with Crippen molar-refractivity contribution in [2.24, 2.45) is 0 Å². The summed E-state index contributed by atoms with van der Waals surface area (Å²) < 4.78 is 38.6. The van der Waals surface area contributed by atoms with Crippen LogP contribution in [0.4, 0.5) is 5.69 Å². The van der Waals surface area contributed by atoms with E-state index in [4.69, 9.17) is 9.47 Å². The largest absolute Gasteiger partial charge is 0.379 e. The molecule has 0 N–H and O–H groups in total. The van der Waals surface area contributed by atoms with Gasteiger partial charge in [0.25, 0.3) is 5.91 Å².